The molecule has 7 nitrogen and oxygen atoms in total. The van der Waals surface area contributed by atoms with E-state index >= 15 is 0 Å². The van der Waals surface area contributed by atoms with Crippen molar-refractivity contribution in [2.45, 2.75) is 64.1 Å². The van der Waals surface area contributed by atoms with E-state index in [-0.39, 0.29) is 23.4 Å². The fourth-order valence-corrected chi connectivity index (χ4v) is 5.67. The van der Waals surface area contributed by atoms with Gasteiger partial charge in [0, 0.05) is 17.6 Å². The van der Waals surface area contributed by atoms with Crippen LogP contribution in [0.25, 0.3) is 0 Å². The first kappa shape index (κ1) is 30.2. The molecular weight excluding hydrogens is 534 g/mol. The first-order valence-electron chi connectivity index (χ1n) is 13.1. The molecule has 208 valence electrons. The zero-order valence-corrected chi connectivity index (χ0v) is 24.4. The Morgan fingerprint density at radius 3 is 2.15 bits per heavy atom. The van der Waals surface area contributed by atoms with Crippen LogP contribution >= 0.6 is 11.6 Å². The molecular formula is C30H36ClN3O4S. The van der Waals surface area contributed by atoms with Gasteiger partial charge in [-0.15, -0.1) is 0 Å². The third-order valence-electron chi connectivity index (χ3n) is 6.65. The molecule has 39 heavy (non-hydrogen) atoms. The van der Waals surface area contributed by atoms with E-state index in [1.807, 2.05) is 39.0 Å². The highest BCUT2D eigenvalue weighted by Crippen LogP contribution is 2.25. The highest BCUT2D eigenvalue weighted by molar-refractivity contribution is 7.92. The Balaban J connectivity index is 2.02. The standard InChI is InChI=1S/C30H36ClN3O4S/c1-5-22(3)32-30(36)23(4)33(20-25-11-10-12-26(31)19-25)29(35)21-34(27-17-15-24(6-2)16-18-27)39(37,38)28-13-8-7-9-14-28/h7-19,22-23H,5-6,20-21H2,1-4H3,(H,32,36)/t22-,23-/m1/s1. The second-order valence-electron chi connectivity index (χ2n) is 9.49. The van der Waals surface area contributed by atoms with Crippen LogP contribution in [-0.2, 0) is 32.6 Å². The maximum absolute atomic E-state index is 13.9. The first-order valence-corrected chi connectivity index (χ1v) is 14.9. The van der Waals surface area contributed by atoms with E-state index in [0.717, 1.165) is 28.3 Å². The van der Waals surface area contributed by atoms with Crippen molar-refractivity contribution in [1.29, 1.82) is 0 Å². The number of anilines is 1. The normalized spacial score (nSPS) is 12.8. The number of halogens is 1. The first-order chi connectivity index (χ1) is 18.6. The van der Waals surface area contributed by atoms with Crippen molar-refractivity contribution in [2.75, 3.05) is 10.8 Å². The molecule has 3 rings (SSSR count). The minimum atomic E-state index is -4.09. The summed E-state index contributed by atoms with van der Waals surface area (Å²) in [6.07, 6.45) is 1.53. The van der Waals surface area contributed by atoms with Crippen LogP contribution in [0.15, 0.2) is 83.8 Å². The van der Waals surface area contributed by atoms with Crippen molar-refractivity contribution in [1.82, 2.24) is 10.2 Å². The highest BCUT2D eigenvalue weighted by atomic mass is 35.5. The Hall–Kier alpha value is -3.36. The molecule has 0 saturated carbocycles. The number of hydrogen-bond acceptors (Lipinski definition) is 4. The van der Waals surface area contributed by atoms with Crippen LogP contribution in [0.2, 0.25) is 5.02 Å². The van der Waals surface area contributed by atoms with E-state index in [2.05, 4.69) is 5.32 Å². The lowest BCUT2D eigenvalue weighted by atomic mass is 10.1. The molecule has 0 saturated heterocycles. The molecule has 0 aliphatic rings. The van der Waals surface area contributed by atoms with Crippen LogP contribution in [0.5, 0.6) is 0 Å². The van der Waals surface area contributed by atoms with Gasteiger partial charge < -0.3 is 10.2 Å². The molecule has 0 fully saturated rings. The second-order valence-corrected chi connectivity index (χ2v) is 11.8. The third kappa shape index (κ3) is 7.83. The molecule has 0 aliphatic carbocycles. The fourth-order valence-electron chi connectivity index (χ4n) is 4.03. The Labute approximate surface area is 236 Å². The molecule has 1 N–H and O–H groups in total. The van der Waals surface area contributed by atoms with Gasteiger partial charge in [-0.05, 0) is 74.2 Å². The minimum absolute atomic E-state index is 0.0707. The number of carbonyl (C=O) groups is 2. The van der Waals surface area contributed by atoms with Crippen molar-refractivity contribution in [2.24, 2.45) is 0 Å². The van der Waals surface area contributed by atoms with Gasteiger partial charge in [0.05, 0.1) is 10.6 Å². The Morgan fingerprint density at radius 2 is 1.56 bits per heavy atom. The van der Waals surface area contributed by atoms with Gasteiger partial charge in [0.25, 0.3) is 10.0 Å². The molecule has 2 atom stereocenters. The number of nitrogens with one attached hydrogen (secondary N) is 1. The van der Waals surface area contributed by atoms with Gasteiger partial charge in [0.15, 0.2) is 0 Å². The molecule has 3 aromatic rings. The number of nitrogens with zero attached hydrogens (tertiary/aromatic N) is 2. The topological polar surface area (TPSA) is 86.8 Å². The summed E-state index contributed by atoms with van der Waals surface area (Å²) in [4.78, 5) is 28.5. The quantitative estimate of drug-likeness (QED) is 0.315. The highest BCUT2D eigenvalue weighted by Gasteiger charge is 2.32. The van der Waals surface area contributed by atoms with Crippen LogP contribution < -0.4 is 9.62 Å². The SMILES string of the molecule is CCc1ccc(N(CC(=O)N(Cc2cccc(Cl)c2)[C@H](C)C(=O)N[C@H](C)CC)S(=O)(=O)c2ccccc2)cc1. The molecule has 0 aliphatic heterocycles. The lowest BCUT2D eigenvalue weighted by molar-refractivity contribution is -0.139. The number of sulfonamides is 1. The number of benzene rings is 3. The maximum Gasteiger partial charge on any atom is 0.264 e. The van der Waals surface area contributed by atoms with Gasteiger partial charge in [-0.2, -0.15) is 0 Å². The Morgan fingerprint density at radius 1 is 0.897 bits per heavy atom. The van der Waals surface area contributed by atoms with Crippen molar-refractivity contribution in [3.8, 4) is 0 Å². The van der Waals surface area contributed by atoms with E-state index in [1.54, 1.807) is 55.5 Å². The predicted octanol–water partition coefficient (Wildman–Crippen LogP) is 5.43. The molecule has 0 spiro atoms. The van der Waals surface area contributed by atoms with Crippen molar-refractivity contribution < 1.29 is 18.0 Å². The summed E-state index contributed by atoms with van der Waals surface area (Å²) in [5.74, 6) is -0.828. The molecule has 0 unspecified atom stereocenters. The average molecular weight is 570 g/mol. The average Bonchev–Trinajstić information content (AvgIpc) is 2.94. The van der Waals surface area contributed by atoms with E-state index in [4.69, 9.17) is 11.6 Å². The van der Waals surface area contributed by atoms with Crippen molar-refractivity contribution >= 4 is 39.1 Å². The molecule has 0 bridgehead atoms. The number of carbonyl (C=O) groups excluding carboxylic acids is 2. The van der Waals surface area contributed by atoms with E-state index in [9.17, 15) is 18.0 Å². The van der Waals surface area contributed by atoms with Gasteiger partial charge in [0.2, 0.25) is 11.8 Å². The van der Waals surface area contributed by atoms with Crippen LogP contribution in [0.1, 0.15) is 45.2 Å². The minimum Gasteiger partial charge on any atom is -0.352 e. The van der Waals surface area contributed by atoms with Gasteiger partial charge >= 0.3 is 0 Å². The molecule has 9 heteroatoms. The second kappa shape index (κ2) is 13.6. The maximum atomic E-state index is 13.9. The molecule has 0 aromatic heterocycles. The smallest absolute Gasteiger partial charge is 0.264 e. The Bertz CT molecular complexity index is 1360. The van der Waals surface area contributed by atoms with Gasteiger partial charge in [-0.1, -0.05) is 67.9 Å². The van der Waals surface area contributed by atoms with Crippen LogP contribution in [-0.4, -0.2) is 43.8 Å². The van der Waals surface area contributed by atoms with Crippen molar-refractivity contribution in [3.63, 3.8) is 0 Å². The number of rotatable bonds is 12. The summed E-state index contributed by atoms with van der Waals surface area (Å²) < 4.78 is 28.7. The van der Waals surface area contributed by atoms with E-state index in [1.165, 1.54) is 17.0 Å². The zero-order valence-electron chi connectivity index (χ0n) is 22.8. The lowest BCUT2D eigenvalue weighted by Gasteiger charge is -2.32. The summed E-state index contributed by atoms with van der Waals surface area (Å²) in [6.45, 7) is 7.11. The summed E-state index contributed by atoms with van der Waals surface area (Å²) >= 11 is 6.18. The molecule has 0 radical (unpaired) electrons. The number of amides is 2. The number of aryl methyl sites for hydroxylation is 1. The molecule has 3 aromatic carbocycles. The van der Waals surface area contributed by atoms with Crippen LogP contribution in [0.4, 0.5) is 5.69 Å². The van der Waals surface area contributed by atoms with Crippen LogP contribution in [0.3, 0.4) is 0 Å². The monoisotopic (exact) mass is 569 g/mol. The van der Waals surface area contributed by atoms with E-state index in [0.29, 0.717) is 10.7 Å². The predicted molar refractivity (Wildman–Crippen MR) is 156 cm³/mol. The van der Waals surface area contributed by atoms with Gasteiger partial charge in [0.1, 0.15) is 12.6 Å². The molecule has 0 heterocycles. The van der Waals surface area contributed by atoms with Crippen LogP contribution in [0, 0.1) is 0 Å². The van der Waals surface area contributed by atoms with E-state index < -0.39 is 28.5 Å². The molecule has 2 amide bonds. The lowest BCUT2D eigenvalue weighted by Crippen LogP contribution is -2.52. The number of hydrogen-bond donors (Lipinski definition) is 1. The summed E-state index contributed by atoms with van der Waals surface area (Å²) in [6, 6.07) is 21.2. The van der Waals surface area contributed by atoms with Crippen molar-refractivity contribution in [3.05, 3.63) is 95.0 Å². The summed E-state index contributed by atoms with van der Waals surface area (Å²) in [7, 11) is -4.09. The zero-order chi connectivity index (χ0) is 28.6. The Kier molecular flexibility index (Phi) is 10.5. The fraction of sp³-hybridized carbons (Fsp3) is 0.333. The van der Waals surface area contributed by atoms with Gasteiger partial charge in [-0.25, -0.2) is 8.42 Å². The largest absolute Gasteiger partial charge is 0.352 e. The summed E-state index contributed by atoms with van der Waals surface area (Å²) in [5.41, 5.74) is 2.13. The third-order valence-corrected chi connectivity index (χ3v) is 8.68. The van der Waals surface area contributed by atoms with Gasteiger partial charge in [-0.3, -0.25) is 13.9 Å². The summed E-state index contributed by atoms with van der Waals surface area (Å²) in [5, 5.41) is 3.43.